The van der Waals surface area contributed by atoms with Gasteiger partial charge in [0.2, 0.25) is 5.91 Å². The van der Waals surface area contributed by atoms with Crippen LogP contribution in [-0.2, 0) is 9.59 Å². The third kappa shape index (κ3) is 12.6. The van der Waals surface area contributed by atoms with Crippen LogP contribution >= 0.6 is 0 Å². The van der Waals surface area contributed by atoms with Crippen LogP contribution in [0.2, 0.25) is 0 Å². The van der Waals surface area contributed by atoms with Gasteiger partial charge in [0.25, 0.3) is 0 Å². The average molecular weight is 426 g/mol. The van der Waals surface area contributed by atoms with Gasteiger partial charge in [-0.15, -0.1) is 0 Å². The molecular weight excluding hydrogens is 378 g/mol. The number of amides is 1. The molecule has 1 heterocycles. The first kappa shape index (κ1) is 26.9. The van der Waals surface area contributed by atoms with Gasteiger partial charge in [-0.3, -0.25) is 4.79 Å². The number of hydrogen-bond acceptors (Lipinski definition) is 3. The van der Waals surface area contributed by atoms with Crippen molar-refractivity contribution in [2.24, 2.45) is 0 Å². The van der Waals surface area contributed by atoms with Gasteiger partial charge in [0.15, 0.2) is 0 Å². The summed E-state index contributed by atoms with van der Waals surface area (Å²) in [5.74, 6) is -1.14. The number of likely N-dealkylation sites (tertiary alicyclic amines) is 1. The van der Waals surface area contributed by atoms with Gasteiger partial charge < -0.3 is 15.1 Å². The summed E-state index contributed by atoms with van der Waals surface area (Å²) >= 11 is 0. The van der Waals surface area contributed by atoms with E-state index in [4.69, 9.17) is 5.11 Å². The quantitative estimate of drug-likeness (QED) is 0.246. The number of carbonyl (C=O) groups excluding carboxylic acids is 1. The third-order valence-corrected chi connectivity index (χ3v) is 6.38. The number of aliphatic carboxylic acids is 1. The maximum absolute atomic E-state index is 12.2. The first-order valence-electron chi connectivity index (χ1n) is 12.8. The minimum atomic E-state index is -1.01. The highest BCUT2D eigenvalue weighted by atomic mass is 16.4. The van der Waals surface area contributed by atoms with E-state index >= 15 is 0 Å². The normalized spacial score (nSPS) is 18.8. The smallest absolute Gasteiger partial charge is 0.326 e. The van der Waals surface area contributed by atoms with Gasteiger partial charge >= 0.3 is 5.97 Å². The summed E-state index contributed by atoms with van der Waals surface area (Å²) in [5.41, 5.74) is 0. The van der Waals surface area contributed by atoms with Gasteiger partial charge in [-0.05, 0) is 6.42 Å². The van der Waals surface area contributed by atoms with Gasteiger partial charge in [0.1, 0.15) is 6.04 Å². The number of hydrogen-bond donors (Lipinski definition) is 2. The summed E-state index contributed by atoms with van der Waals surface area (Å²) in [6, 6.07) is -0.849. The number of carboxylic acid groups (broad SMARTS) is 1. The van der Waals surface area contributed by atoms with Crippen LogP contribution in [0.15, 0.2) is 0 Å². The molecule has 2 N–H and O–H groups in total. The highest BCUT2D eigenvalue weighted by Crippen LogP contribution is 2.20. The van der Waals surface area contributed by atoms with Crippen LogP contribution in [0.4, 0.5) is 0 Å². The predicted molar refractivity (Wildman–Crippen MR) is 123 cm³/mol. The molecule has 0 aromatic rings. The van der Waals surface area contributed by atoms with Crippen molar-refractivity contribution in [1.82, 2.24) is 4.90 Å². The lowest BCUT2D eigenvalue weighted by Crippen LogP contribution is -2.40. The molecule has 30 heavy (non-hydrogen) atoms. The van der Waals surface area contributed by atoms with Crippen LogP contribution in [0.1, 0.15) is 129 Å². The van der Waals surface area contributed by atoms with Crippen LogP contribution in [0, 0.1) is 0 Å². The summed E-state index contributed by atoms with van der Waals surface area (Å²) in [6.07, 6.45) is 22.0. The van der Waals surface area contributed by atoms with E-state index in [1.807, 2.05) is 0 Å². The topological polar surface area (TPSA) is 77.8 Å². The van der Waals surface area contributed by atoms with E-state index in [0.29, 0.717) is 6.42 Å². The standard InChI is InChI=1S/C25H47NO4/c1-2-3-4-5-6-7-8-9-10-11-12-13-14-15-16-17-18-19-24(28)26-21-22(27)20-23(26)25(29)30/h22-23,27H,2-21H2,1H3,(H,29,30)/t22?,23-/m0/s1. The molecule has 1 unspecified atom stereocenters. The molecule has 2 atom stereocenters. The second-order valence-corrected chi connectivity index (χ2v) is 9.20. The zero-order valence-electron chi connectivity index (χ0n) is 19.5. The van der Waals surface area contributed by atoms with Crippen molar-refractivity contribution >= 4 is 11.9 Å². The van der Waals surface area contributed by atoms with E-state index in [0.717, 1.165) is 19.3 Å². The Hall–Kier alpha value is -1.10. The molecule has 5 heteroatoms. The largest absolute Gasteiger partial charge is 0.480 e. The number of aliphatic hydroxyl groups is 1. The molecule has 1 aliphatic heterocycles. The van der Waals surface area contributed by atoms with E-state index in [-0.39, 0.29) is 18.9 Å². The predicted octanol–water partition coefficient (Wildman–Crippen LogP) is 6.07. The molecule has 0 aromatic heterocycles. The number of aliphatic hydroxyl groups excluding tert-OH is 1. The zero-order chi connectivity index (χ0) is 22.0. The number of nitrogens with zero attached hydrogens (tertiary/aromatic N) is 1. The fourth-order valence-electron chi connectivity index (χ4n) is 4.47. The Labute approximate surface area is 184 Å². The Kier molecular flexibility index (Phi) is 15.8. The van der Waals surface area contributed by atoms with E-state index in [1.54, 1.807) is 0 Å². The van der Waals surface area contributed by atoms with Gasteiger partial charge in [-0.1, -0.05) is 110 Å². The molecular formula is C25H47NO4. The minimum absolute atomic E-state index is 0.125. The highest BCUT2D eigenvalue weighted by Gasteiger charge is 2.38. The van der Waals surface area contributed by atoms with E-state index in [2.05, 4.69) is 6.92 Å². The molecule has 1 fully saturated rings. The molecule has 1 aliphatic rings. The first-order valence-corrected chi connectivity index (χ1v) is 12.8. The van der Waals surface area contributed by atoms with Crippen molar-refractivity contribution in [3.05, 3.63) is 0 Å². The Balaban J connectivity index is 1.84. The molecule has 0 radical (unpaired) electrons. The zero-order valence-corrected chi connectivity index (χ0v) is 19.5. The number of carbonyl (C=O) groups is 2. The number of unbranched alkanes of at least 4 members (excludes halogenated alkanes) is 16. The molecule has 176 valence electrons. The van der Waals surface area contributed by atoms with Crippen molar-refractivity contribution in [2.75, 3.05) is 6.54 Å². The monoisotopic (exact) mass is 425 g/mol. The Morgan fingerprint density at radius 2 is 1.13 bits per heavy atom. The molecule has 0 saturated carbocycles. The number of carboxylic acids is 1. The van der Waals surface area contributed by atoms with Gasteiger partial charge in [0.05, 0.1) is 6.10 Å². The highest BCUT2D eigenvalue weighted by molar-refractivity contribution is 5.84. The summed E-state index contributed by atoms with van der Waals surface area (Å²) in [6.45, 7) is 2.43. The molecule has 1 saturated heterocycles. The summed E-state index contributed by atoms with van der Waals surface area (Å²) in [7, 11) is 0. The summed E-state index contributed by atoms with van der Waals surface area (Å²) < 4.78 is 0. The SMILES string of the molecule is CCCCCCCCCCCCCCCCCCCC(=O)N1CC(O)C[C@H]1C(=O)O. The summed E-state index contributed by atoms with van der Waals surface area (Å²) in [4.78, 5) is 24.8. The van der Waals surface area contributed by atoms with Crippen LogP contribution < -0.4 is 0 Å². The number of β-amino-alcohol motifs (C(OH)–C–C–N with tert-alkyl or cyclic N) is 1. The molecule has 0 bridgehead atoms. The van der Waals surface area contributed by atoms with Crippen molar-refractivity contribution < 1.29 is 19.8 Å². The lowest BCUT2D eigenvalue weighted by Gasteiger charge is -2.21. The molecule has 0 aliphatic carbocycles. The average Bonchev–Trinajstić information content (AvgIpc) is 3.12. The Bertz CT molecular complexity index is 454. The van der Waals surface area contributed by atoms with Crippen LogP contribution in [0.5, 0.6) is 0 Å². The van der Waals surface area contributed by atoms with Crippen molar-refractivity contribution in [2.45, 2.75) is 141 Å². The fraction of sp³-hybridized carbons (Fsp3) is 0.920. The summed E-state index contributed by atoms with van der Waals surface area (Å²) in [5, 5.41) is 18.8. The van der Waals surface area contributed by atoms with Gasteiger partial charge in [0, 0.05) is 19.4 Å². The Morgan fingerprint density at radius 1 is 0.733 bits per heavy atom. The molecule has 0 aromatic carbocycles. The first-order chi connectivity index (χ1) is 14.6. The van der Waals surface area contributed by atoms with Crippen LogP contribution in [-0.4, -0.2) is 45.7 Å². The molecule has 1 rings (SSSR count). The molecule has 1 amide bonds. The lowest BCUT2D eigenvalue weighted by atomic mass is 10.0. The second kappa shape index (κ2) is 17.6. The minimum Gasteiger partial charge on any atom is -0.480 e. The van der Waals surface area contributed by atoms with Crippen molar-refractivity contribution in [3.8, 4) is 0 Å². The van der Waals surface area contributed by atoms with E-state index in [1.165, 1.54) is 94.8 Å². The Morgan fingerprint density at radius 3 is 1.53 bits per heavy atom. The van der Waals surface area contributed by atoms with Crippen LogP contribution in [0.25, 0.3) is 0 Å². The third-order valence-electron chi connectivity index (χ3n) is 6.38. The molecule has 0 spiro atoms. The fourth-order valence-corrected chi connectivity index (χ4v) is 4.47. The maximum atomic E-state index is 12.2. The molecule has 5 nitrogen and oxygen atoms in total. The van der Waals surface area contributed by atoms with Crippen molar-refractivity contribution in [1.29, 1.82) is 0 Å². The lowest BCUT2D eigenvalue weighted by molar-refractivity contribution is -0.148. The van der Waals surface area contributed by atoms with Crippen molar-refractivity contribution in [3.63, 3.8) is 0 Å². The van der Waals surface area contributed by atoms with E-state index < -0.39 is 18.1 Å². The van der Waals surface area contributed by atoms with Gasteiger partial charge in [-0.2, -0.15) is 0 Å². The van der Waals surface area contributed by atoms with Gasteiger partial charge in [-0.25, -0.2) is 4.79 Å². The maximum Gasteiger partial charge on any atom is 0.326 e. The van der Waals surface area contributed by atoms with E-state index in [9.17, 15) is 14.7 Å². The van der Waals surface area contributed by atoms with Crippen LogP contribution in [0.3, 0.4) is 0 Å². The number of rotatable bonds is 19. The second-order valence-electron chi connectivity index (χ2n) is 9.20.